The van der Waals surface area contributed by atoms with E-state index >= 15 is 4.39 Å². The molecule has 0 atom stereocenters. The molecule has 0 radical (unpaired) electrons. The van der Waals surface area contributed by atoms with Crippen LogP contribution < -0.4 is 15.4 Å². The summed E-state index contributed by atoms with van der Waals surface area (Å²) in [5.74, 6) is -9.08. The molecule has 0 saturated heterocycles. The number of nitrogens with one attached hydrogen (secondary N) is 2. The molecule has 232 valence electrons. The molecule has 0 saturated carbocycles. The normalized spacial score (nSPS) is 12.6. The highest BCUT2D eigenvalue weighted by molar-refractivity contribution is 14.1. The predicted molar refractivity (Wildman–Crippen MR) is 129 cm³/mol. The maximum Gasteiger partial charge on any atom is 0.573 e. The highest BCUT2D eigenvalue weighted by Crippen LogP contribution is 2.54. The molecule has 3 aromatic carbocycles. The summed E-state index contributed by atoms with van der Waals surface area (Å²) < 4.78 is 177. The smallest absolute Gasteiger partial charge is 0.404 e. The van der Waals surface area contributed by atoms with E-state index < -0.39 is 97.1 Å². The lowest BCUT2D eigenvalue weighted by atomic mass is 9.93. The van der Waals surface area contributed by atoms with Gasteiger partial charge in [-0.15, -0.1) is 13.2 Å². The number of anilines is 2. The number of carbonyl (C=O) groups is 2. The molecular weight excluding hydrogens is 738 g/mol. The minimum absolute atomic E-state index is 0.158. The predicted octanol–water partition coefficient (Wildman–Crippen LogP) is 8.40. The average molecular weight is 748 g/mol. The highest BCUT2D eigenvalue weighted by atomic mass is 127. The van der Waals surface area contributed by atoms with Gasteiger partial charge in [0, 0.05) is 14.7 Å². The molecule has 0 aliphatic rings. The molecular formula is C24H10F13IN2O3. The van der Waals surface area contributed by atoms with Gasteiger partial charge < -0.3 is 15.4 Å². The van der Waals surface area contributed by atoms with E-state index in [1.807, 2.05) is 5.32 Å². The standard InChI is InChI=1S/C24H10F13IN2O3/c25-12-5-4-9(6-13(12)26)19(41)39-15-3-1-2-11(17(15)27)20(42)40-18-14(38)7-10(8-16(18)43-24(35,36)37)21(28,22(29,30)31)23(32,33)34/h1-8H,(H,39,41)(H,40,42). The fraction of sp³-hybridized carbons (Fsp3) is 0.167. The van der Waals surface area contributed by atoms with Gasteiger partial charge in [-0.2, -0.15) is 26.3 Å². The van der Waals surface area contributed by atoms with Gasteiger partial charge in [0.25, 0.3) is 11.8 Å². The Morgan fingerprint density at radius 3 is 1.86 bits per heavy atom. The first kappa shape index (κ1) is 33.7. The lowest BCUT2D eigenvalue weighted by molar-refractivity contribution is -0.348. The van der Waals surface area contributed by atoms with Crippen molar-refractivity contribution in [2.24, 2.45) is 0 Å². The highest BCUT2D eigenvalue weighted by Gasteiger charge is 2.73. The van der Waals surface area contributed by atoms with Crippen LogP contribution in [0.4, 0.5) is 68.5 Å². The van der Waals surface area contributed by atoms with Crippen molar-refractivity contribution in [3.05, 3.63) is 86.2 Å². The van der Waals surface area contributed by atoms with Crippen LogP contribution in [0.5, 0.6) is 5.75 Å². The summed E-state index contributed by atoms with van der Waals surface area (Å²) in [5, 5.41) is 3.57. The Labute approximate surface area is 244 Å². The van der Waals surface area contributed by atoms with Crippen LogP contribution in [-0.2, 0) is 5.67 Å². The van der Waals surface area contributed by atoms with Crippen molar-refractivity contribution in [2.75, 3.05) is 10.6 Å². The number of alkyl halides is 10. The molecule has 19 heteroatoms. The summed E-state index contributed by atoms with van der Waals surface area (Å²) >= 11 is 0.883. The number of ether oxygens (including phenoxy) is 1. The van der Waals surface area contributed by atoms with E-state index in [4.69, 9.17) is 0 Å². The molecule has 0 bridgehead atoms. The number of hydrogen-bond donors (Lipinski definition) is 2. The summed E-state index contributed by atoms with van der Waals surface area (Å²) in [5.41, 5.74) is -12.1. The van der Waals surface area contributed by atoms with Crippen molar-refractivity contribution in [1.29, 1.82) is 0 Å². The maximum atomic E-state index is 15.1. The fourth-order valence-electron chi connectivity index (χ4n) is 3.41. The molecule has 3 rings (SSSR count). The van der Waals surface area contributed by atoms with Gasteiger partial charge >= 0.3 is 24.4 Å². The van der Waals surface area contributed by atoms with Gasteiger partial charge in [0.15, 0.2) is 23.2 Å². The molecule has 0 heterocycles. The average Bonchev–Trinajstić information content (AvgIpc) is 2.85. The molecule has 0 aliphatic heterocycles. The van der Waals surface area contributed by atoms with Crippen LogP contribution in [0.15, 0.2) is 48.5 Å². The second-order valence-corrected chi connectivity index (χ2v) is 9.40. The van der Waals surface area contributed by atoms with Crippen LogP contribution in [0.3, 0.4) is 0 Å². The molecule has 5 nitrogen and oxygen atoms in total. The van der Waals surface area contributed by atoms with Crippen molar-refractivity contribution in [2.45, 2.75) is 24.4 Å². The van der Waals surface area contributed by atoms with Crippen LogP contribution >= 0.6 is 22.6 Å². The first-order valence-corrected chi connectivity index (χ1v) is 11.9. The lowest BCUT2D eigenvalue weighted by Gasteiger charge is -2.31. The lowest BCUT2D eigenvalue weighted by Crippen LogP contribution is -2.50. The maximum absolute atomic E-state index is 15.1. The van der Waals surface area contributed by atoms with Crippen molar-refractivity contribution in [3.8, 4) is 5.75 Å². The molecule has 0 unspecified atom stereocenters. The van der Waals surface area contributed by atoms with Gasteiger partial charge in [0.1, 0.15) is 0 Å². The minimum atomic E-state index is -6.71. The number of benzene rings is 3. The fourth-order valence-corrected chi connectivity index (χ4v) is 4.15. The largest absolute Gasteiger partial charge is 0.573 e. The van der Waals surface area contributed by atoms with Crippen LogP contribution in [0, 0.1) is 21.0 Å². The Bertz CT molecular complexity index is 1560. The molecule has 2 amide bonds. The second-order valence-electron chi connectivity index (χ2n) is 8.24. The molecule has 43 heavy (non-hydrogen) atoms. The topological polar surface area (TPSA) is 67.4 Å². The van der Waals surface area contributed by atoms with Crippen molar-refractivity contribution >= 4 is 45.8 Å². The Morgan fingerprint density at radius 1 is 0.721 bits per heavy atom. The zero-order valence-electron chi connectivity index (χ0n) is 20.1. The summed E-state index contributed by atoms with van der Waals surface area (Å²) in [6.45, 7) is 0. The Kier molecular flexibility index (Phi) is 9.19. The first-order valence-electron chi connectivity index (χ1n) is 10.8. The van der Waals surface area contributed by atoms with E-state index in [9.17, 15) is 62.3 Å². The van der Waals surface area contributed by atoms with E-state index in [1.165, 1.54) is 0 Å². The zero-order chi connectivity index (χ0) is 32.7. The van der Waals surface area contributed by atoms with Gasteiger partial charge in [0.05, 0.1) is 16.9 Å². The third-order valence-corrected chi connectivity index (χ3v) is 6.22. The SMILES string of the molecule is O=C(Nc1cccc(C(=O)Nc2c(I)cc(C(F)(C(F)(F)F)C(F)(F)F)cc2OC(F)(F)F)c1F)c1ccc(F)c(F)c1. The minimum Gasteiger partial charge on any atom is -0.404 e. The first-order chi connectivity index (χ1) is 19.6. The summed E-state index contributed by atoms with van der Waals surface area (Å²) in [6, 6.07) is 3.63. The van der Waals surface area contributed by atoms with Gasteiger partial charge in [-0.25, -0.2) is 17.6 Å². The van der Waals surface area contributed by atoms with Crippen molar-refractivity contribution < 1.29 is 71.4 Å². The van der Waals surface area contributed by atoms with E-state index in [0.29, 0.717) is 18.2 Å². The van der Waals surface area contributed by atoms with Crippen molar-refractivity contribution in [1.82, 2.24) is 0 Å². The van der Waals surface area contributed by atoms with Gasteiger partial charge in [-0.05, 0) is 65.1 Å². The second kappa shape index (κ2) is 11.7. The Morgan fingerprint density at radius 2 is 1.33 bits per heavy atom. The van der Waals surface area contributed by atoms with Crippen LogP contribution in [-0.4, -0.2) is 30.5 Å². The van der Waals surface area contributed by atoms with E-state index in [-0.39, 0.29) is 6.07 Å². The molecule has 3 aromatic rings. The van der Waals surface area contributed by atoms with Crippen LogP contribution in [0.2, 0.25) is 0 Å². The molecule has 0 spiro atoms. The molecule has 0 aromatic heterocycles. The van der Waals surface area contributed by atoms with Crippen molar-refractivity contribution in [3.63, 3.8) is 0 Å². The number of rotatable bonds is 6. The van der Waals surface area contributed by atoms with Crippen LogP contribution in [0.1, 0.15) is 26.3 Å². The van der Waals surface area contributed by atoms with Gasteiger partial charge in [-0.3, -0.25) is 9.59 Å². The van der Waals surface area contributed by atoms with Crippen LogP contribution in [0.25, 0.3) is 0 Å². The number of halogens is 14. The third-order valence-electron chi connectivity index (χ3n) is 5.37. The Balaban J connectivity index is 2.04. The number of carbonyl (C=O) groups excluding carboxylic acids is 2. The summed E-state index contributed by atoms with van der Waals surface area (Å²) in [6.07, 6.45) is -19.2. The summed E-state index contributed by atoms with van der Waals surface area (Å²) in [7, 11) is 0. The molecule has 0 aliphatic carbocycles. The third kappa shape index (κ3) is 7.07. The molecule has 0 fully saturated rings. The molecule has 2 N–H and O–H groups in total. The quantitative estimate of drug-likeness (QED) is 0.197. The summed E-state index contributed by atoms with van der Waals surface area (Å²) in [4.78, 5) is 25.1. The van der Waals surface area contributed by atoms with E-state index in [2.05, 4.69) is 4.74 Å². The van der Waals surface area contributed by atoms with E-state index in [0.717, 1.165) is 40.8 Å². The van der Waals surface area contributed by atoms with E-state index in [1.54, 1.807) is 5.32 Å². The number of hydrogen-bond acceptors (Lipinski definition) is 3. The van der Waals surface area contributed by atoms with Gasteiger partial charge in [0.2, 0.25) is 0 Å². The zero-order valence-corrected chi connectivity index (χ0v) is 22.3. The Hall–Kier alpha value is -3.78. The monoisotopic (exact) mass is 748 g/mol. The van der Waals surface area contributed by atoms with Gasteiger partial charge in [-0.1, -0.05) is 6.07 Å². The number of amides is 2.